The molecule has 0 spiro atoms. The van der Waals surface area contributed by atoms with Crippen molar-refractivity contribution in [2.45, 2.75) is 17.7 Å². The second-order valence-electron chi connectivity index (χ2n) is 6.90. The molecule has 1 heterocycles. The third kappa shape index (κ3) is 5.75. The van der Waals surface area contributed by atoms with Crippen LogP contribution in [0.25, 0.3) is 6.08 Å². The molecule has 152 valence electrons. The second-order valence-corrected chi connectivity index (χ2v) is 8.46. The van der Waals surface area contributed by atoms with E-state index in [4.69, 9.17) is 5.14 Å². The molecule has 7 nitrogen and oxygen atoms in total. The van der Waals surface area contributed by atoms with Gasteiger partial charge in [0.25, 0.3) is 0 Å². The van der Waals surface area contributed by atoms with Crippen LogP contribution >= 0.6 is 0 Å². The zero-order valence-electron chi connectivity index (χ0n) is 15.8. The Kier molecular flexibility index (Phi) is 6.46. The molecule has 0 aliphatic carbocycles. The molecule has 1 saturated heterocycles. The van der Waals surface area contributed by atoms with Crippen LogP contribution in [0.1, 0.15) is 18.4 Å². The van der Waals surface area contributed by atoms with E-state index in [1.807, 2.05) is 30.3 Å². The van der Waals surface area contributed by atoms with Crippen molar-refractivity contribution in [3.8, 4) is 0 Å². The number of likely N-dealkylation sites (tertiary alicyclic amines) is 1. The number of anilines is 1. The lowest BCUT2D eigenvalue weighted by Gasteiger charge is -2.30. The van der Waals surface area contributed by atoms with Crippen molar-refractivity contribution >= 4 is 33.6 Å². The summed E-state index contributed by atoms with van der Waals surface area (Å²) in [6.07, 6.45) is 4.49. The first-order valence-corrected chi connectivity index (χ1v) is 10.8. The monoisotopic (exact) mass is 413 g/mol. The molecule has 1 aliphatic heterocycles. The van der Waals surface area contributed by atoms with Crippen LogP contribution in [-0.4, -0.2) is 38.2 Å². The Morgan fingerprint density at radius 1 is 1.00 bits per heavy atom. The molecule has 2 amide bonds. The Labute approximate surface area is 170 Å². The number of hydrogen-bond acceptors (Lipinski definition) is 4. The standard InChI is InChI=1S/C21H23N3O4S/c22-29(27,28)19-9-7-18(8-10-19)23-21(26)17-12-14-24(15-13-17)20(25)11-6-16-4-2-1-3-5-16/h1-11,17H,12-15H2,(H,23,26)(H2,22,27,28)/b11-6+. The fourth-order valence-corrected chi connectivity index (χ4v) is 3.69. The molecule has 29 heavy (non-hydrogen) atoms. The van der Waals surface area contributed by atoms with E-state index in [1.54, 1.807) is 17.1 Å². The Morgan fingerprint density at radius 3 is 2.21 bits per heavy atom. The number of carbonyl (C=O) groups excluding carboxylic acids is 2. The largest absolute Gasteiger partial charge is 0.339 e. The fraction of sp³-hybridized carbons (Fsp3) is 0.238. The van der Waals surface area contributed by atoms with E-state index >= 15 is 0 Å². The number of carbonyl (C=O) groups is 2. The van der Waals surface area contributed by atoms with Gasteiger partial charge in [-0.25, -0.2) is 13.6 Å². The molecule has 1 fully saturated rings. The van der Waals surface area contributed by atoms with Crippen molar-refractivity contribution in [1.82, 2.24) is 4.90 Å². The Morgan fingerprint density at radius 2 is 1.62 bits per heavy atom. The van der Waals surface area contributed by atoms with Crippen LogP contribution in [0.2, 0.25) is 0 Å². The maximum Gasteiger partial charge on any atom is 0.246 e. The molecule has 3 rings (SSSR count). The molecular formula is C21H23N3O4S. The van der Waals surface area contributed by atoms with Gasteiger partial charge in [0.1, 0.15) is 0 Å². The number of sulfonamides is 1. The van der Waals surface area contributed by atoms with Crippen LogP contribution in [-0.2, 0) is 19.6 Å². The second kappa shape index (κ2) is 9.02. The number of amides is 2. The first-order chi connectivity index (χ1) is 13.8. The number of primary sulfonamides is 1. The van der Waals surface area contributed by atoms with Crippen LogP contribution in [0.5, 0.6) is 0 Å². The van der Waals surface area contributed by atoms with E-state index in [9.17, 15) is 18.0 Å². The lowest BCUT2D eigenvalue weighted by Crippen LogP contribution is -2.40. The Hall–Kier alpha value is -2.97. The number of hydrogen-bond donors (Lipinski definition) is 2. The number of nitrogens with one attached hydrogen (secondary N) is 1. The van der Waals surface area contributed by atoms with Gasteiger partial charge < -0.3 is 10.2 Å². The molecular weight excluding hydrogens is 390 g/mol. The van der Waals surface area contributed by atoms with Gasteiger partial charge in [0.2, 0.25) is 21.8 Å². The minimum absolute atomic E-state index is 0.00845. The quantitative estimate of drug-likeness (QED) is 0.733. The summed E-state index contributed by atoms with van der Waals surface area (Å²) in [5.74, 6) is -0.401. The Balaban J connectivity index is 1.50. The molecule has 1 aliphatic rings. The van der Waals surface area contributed by atoms with Crippen LogP contribution in [0.3, 0.4) is 0 Å². The van der Waals surface area contributed by atoms with E-state index < -0.39 is 10.0 Å². The van der Waals surface area contributed by atoms with Gasteiger partial charge in [-0.3, -0.25) is 9.59 Å². The minimum Gasteiger partial charge on any atom is -0.339 e. The van der Waals surface area contributed by atoms with Gasteiger partial charge in [-0.05, 0) is 48.7 Å². The molecule has 8 heteroatoms. The van der Waals surface area contributed by atoms with E-state index in [1.165, 1.54) is 24.3 Å². The number of piperidine rings is 1. The van der Waals surface area contributed by atoms with Gasteiger partial charge in [0.05, 0.1) is 4.90 Å². The van der Waals surface area contributed by atoms with Crippen LogP contribution in [0.15, 0.2) is 65.6 Å². The van der Waals surface area contributed by atoms with Crippen molar-refractivity contribution in [2.75, 3.05) is 18.4 Å². The summed E-state index contributed by atoms with van der Waals surface area (Å²) in [6, 6.07) is 15.3. The first kappa shape index (κ1) is 20.8. The highest BCUT2D eigenvalue weighted by molar-refractivity contribution is 7.89. The van der Waals surface area contributed by atoms with Gasteiger partial charge in [-0.1, -0.05) is 30.3 Å². The predicted octanol–water partition coefficient (Wildman–Crippen LogP) is 2.22. The van der Waals surface area contributed by atoms with Crippen LogP contribution < -0.4 is 10.5 Å². The smallest absolute Gasteiger partial charge is 0.246 e. The summed E-state index contributed by atoms with van der Waals surface area (Å²) < 4.78 is 22.6. The molecule has 0 saturated carbocycles. The summed E-state index contributed by atoms with van der Waals surface area (Å²) >= 11 is 0. The predicted molar refractivity (Wildman–Crippen MR) is 111 cm³/mol. The van der Waals surface area contributed by atoms with Crippen LogP contribution in [0.4, 0.5) is 5.69 Å². The van der Waals surface area contributed by atoms with Crippen molar-refractivity contribution < 1.29 is 18.0 Å². The summed E-state index contributed by atoms with van der Waals surface area (Å²) in [4.78, 5) is 26.5. The third-order valence-corrected chi connectivity index (χ3v) is 5.77. The maximum absolute atomic E-state index is 12.5. The zero-order valence-corrected chi connectivity index (χ0v) is 16.6. The Bertz CT molecular complexity index is 994. The zero-order chi connectivity index (χ0) is 20.9. The number of nitrogens with two attached hydrogens (primary N) is 1. The summed E-state index contributed by atoms with van der Waals surface area (Å²) in [6.45, 7) is 1.03. The third-order valence-electron chi connectivity index (χ3n) is 4.85. The lowest BCUT2D eigenvalue weighted by atomic mass is 9.95. The lowest BCUT2D eigenvalue weighted by molar-refractivity contribution is -0.130. The number of benzene rings is 2. The average Bonchev–Trinajstić information content (AvgIpc) is 2.72. The molecule has 2 aromatic rings. The van der Waals surface area contributed by atoms with Gasteiger partial charge >= 0.3 is 0 Å². The average molecular weight is 413 g/mol. The highest BCUT2D eigenvalue weighted by Gasteiger charge is 2.26. The van der Waals surface area contributed by atoms with E-state index in [0.717, 1.165) is 5.56 Å². The first-order valence-electron chi connectivity index (χ1n) is 9.29. The van der Waals surface area contributed by atoms with Gasteiger partial charge in [-0.15, -0.1) is 0 Å². The molecule has 0 bridgehead atoms. The molecule has 0 radical (unpaired) electrons. The van der Waals surface area contributed by atoms with Crippen molar-refractivity contribution in [3.63, 3.8) is 0 Å². The summed E-state index contributed by atoms with van der Waals surface area (Å²) in [5, 5.41) is 7.85. The SMILES string of the molecule is NS(=O)(=O)c1ccc(NC(=O)C2CCN(C(=O)/C=C/c3ccccc3)CC2)cc1. The van der Waals surface area contributed by atoms with E-state index in [2.05, 4.69) is 5.32 Å². The van der Waals surface area contributed by atoms with E-state index in [0.29, 0.717) is 31.6 Å². The summed E-state index contributed by atoms with van der Waals surface area (Å²) in [7, 11) is -3.76. The highest BCUT2D eigenvalue weighted by atomic mass is 32.2. The normalized spacial score (nSPS) is 15.4. The molecule has 0 atom stereocenters. The molecule has 0 aromatic heterocycles. The topological polar surface area (TPSA) is 110 Å². The van der Waals surface area contributed by atoms with Crippen molar-refractivity contribution in [2.24, 2.45) is 11.1 Å². The van der Waals surface area contributed by atoms with E-state index in [-0.39, 0.29) is 22.6 Å². The maximum atomic E-state index is 12.5. The summed E-state index contributed by atoms with van der Waals surface area (Å²) in [5.41, 5.74) is 1.47. The van der Waals surface area contributed by atoms with Crippen molar-refractivity contribution in [1.29, 1.82) is 0 Å². The van der Waals surface area contributed by atoms with Gasteiger partial charge in [0, 0.05) is 30.8 Å². The molecule has 2 aromatic carbocycles. The fourth-order valence-electron chi connectivity index (χ4n) is 3.17. The number of nitrogens with zero attached hydrogens (tertiary/aromatic N) is 1. The van der Waals surface area contributed by atoms with Gasteiger partial charge in [0.15, 0.2) is 0 Å². The number of rotatable bonds is 5. The highest BCUT2D eigenvalue weighted by Crippen LogP contribution is 2.21. The van der Waals surface area contributed by atoms with Gasteiger partial charge in [-0.2, -0.15) is 0 Å². The molecule has 0 unspecified atom stereocenters. The molecule has 3 N–H and O–H groups in total. The van der Waals surface area contributed by atoms with Crippen molar-refractivity contribution in [3.05, 3.63) is 66.2 Å². The minimum atomic E-state index is -3.76. The van der Waals surface area contributed by atoms with Crippen LogP contribution in [0, 0.1) is 5.92 Å².